The number of carbonyl (C=O) groups excluding carboxylic acids is 2. The van der Waals surface area contributed by atoms with E-state index < -0.39 is 11.6 Å². The van der Waals surface area contributed by atoms with Crippen molar-refractivity contribution >= 4 is 22.8 Å². The number of H-pyrrole nitrogens is 1. The minimum Gasteiger partial charge on any atom is -0.459 e. The van der Waals surface area contributed by atoms with Gasteiger partial charge < -0.3 is 19.5 Å². The first-order chi connectivity index (χ1) is 12.5. The fraction of sp³-hybridized carbons (Fsp3) is 0.524. The Hall–Kier alpha value is -2.34. The Kier molecular flexibility index (Phi) is 6.31. The second-order valence-electron chi connectivity index (χ2n) is 8.34. The SMILES string of the molecule is Cc1cc(C)c2cc(C(=O)N(CCN(C)C)CC(=O)OC(C)(C)C)[nH]c2c1. The van der Waals surface area contributed by atoms with Crippen molar-refractivity contribution < 1.29 is 14.3 Å². The highest BCUT2D eigenvalue weighted by Crippen LogP contribution is 2.22. The molecule has 1 heterocycles. The average Bonchev–Trinajstić information content (AvgIpc) is 2.93. The first kappa shape index (κ1) is 21.0. The number of ether oxygens (including phenoxy) is 1. The molecule has 1 N–H and O–H groups in total. The van der Waals surface area contributed by atoms with Gasteiger partial charge in [0.05, 0.1) is 0 Å². The first-order valence-electron chi connectivity index (χ1n) is 9.22. The summed E-state index contributed by atoms with van der Waals surface area (Å²) in [6, 6.07) is 5.98. The van der Waals surface area contributed by atoms with E-state index in [1.54, 1.807) is 4.90 Å². The number of fused-ring (bicyclic) bond motifs is 1. The Morgan fingerprint density at radius 2 is 1.74 bits per heavy atom. The number of benzene rings is 1. The Labute approximate surface area is 161 Å². The summed E-state index contributed by atoms with van der Waals surface area (Å²) in [5.41, 5.74) is 3.09. The van der Waals surface area contributed by atoms with Crippen molar-refractivity contribution in [1.29, 1.82) is 0 Å². The average molecular weight is 373 g/mol. The van der Waals surface area contributed by atoms with E-state index in [-0.39, 0.29) is 12.5 Å². The molecule has 0 aliphatic carbocycles. The third-order valence-electron chi connectivity index (χ3n) is 4.16. The Bertz CT molecular complexity index is 831. The lowest BCUT2D eigenvalue weighted by Gasteiger charge is -2.26. The largest absolute Gasteiger partial charge is 0.459 e. The summed E-state index contributed by atoms with van der Waals surface area (Å²) in [6.07, 6.45) is 0. The monoisotopic (exact) mass is 373 g/mol. The number of nitrogens with zero attached hydrogens (tertiary/aromatic N) is 2. The van der Waals surface area contributed by atoms with Gasteiger partial charge in [-0.25, -0.2) is 0 Å². The van der Waals surface area contributed by atoms with Crippen LogP contribution in [0.2, 0.25) is 0 Å². The molecule has 0 saturated carbocycles. The number of rotatable bonds is 6. The van der Waals surface area contributed by atoms with Gasteiger partial charge >= 0.3 is 5.97 Å². The van der Waals surface area contributed by atoms with Crippen LogP contribution in [-0.2, 0) is 9.53 Å². The number of likely N-dealkylation sites (N-methyl/N-ethyl adjacent to an activating group) is 1. The summed E-state index contributed by atoms with van der Waals surface area (Å²) in [6.45, 7) is 10.5. The number of aromatic nitrogens is 1. The lowest BCUT2D eigenvalue weighted by atomic mass is 10.1. The molecule has 6 nitrogen and oxygen atoms in total. The molecule has 1 amide bonds. The quantitative estimate of drug-likeness (QED) is 0.790. The normalized spacial score (nSPS) is 11.9. The Balaban J connectivity index is 2.27. The molecule has 0 aliphatic rings. The van der Waals surface area contributed by atoms with Crippen LogP contribution in [0.25, 0.3) is 10.9 Å². The molecule has 2 aromatic rings. The molecule has 0 spiro atoms. The zero-order valence-electron chi connectivity index (χ0n) is 17.5. The summed E-state index contributed by atoms with van der Waals surface area (Å²) in [5, 5.41) is 1.02. The Morgan fingerprint density at radius 1 is 1.07 bits per heavy atom. The number of carbonyl (C=O) groups is 2. The van der Waals surface area contributed by atoms with Gasteiger partial charge in [0.25, 0.3) is 5.91 Å². The van der Waals surface area contributed by atoms with E-state index in [0.717, 1.165) is 22.0 Å². The molecule has 0 bridgehead atoms. The minimum atomic E-state index is -0.580. The van der Waals surface area contributed by atoms with Crippen molar-refractivity contribution in [3.05, 3.63) is 35.0 Å². The molecule has 0 unspecified atom stereocenters. The number of amides is 1. The predicted octanol–water partition coefficient (Wildman–Crippen LogP) is 3.13. The fourth-order valence-electron chi connectivity index (χ4n) is 2.99. The summed E-state index contributed by atoms with van der Waals surface area (Å²) in [7, 11) is 3.87. The van der Waals surface area contributed by atoms with Crippen LogP contribution >= 0.6 is 0 Å². The molecular weight excluding hydrogens is 342 g/mol. The lowest BCUT2D eigenvalue weighted by Crippen LogP contribution is -2.42. The topological polar surface area (TPSA) is 65.6 Å². The number of aromatic amines is 1. The number of aryl methyl sites for hydroxylation is 2. The van der Waals surface area contributed by atoms with Crippen LogP contribution in [0, 0.1) is 13.8 Å². The highest BCUT2D eigenvalue weighted by atomic mass is 16.6. The fourth-order valence-corrected chi connectivity index (χ4v) is 2.99. The number of esters is 1. The second kappa shape index (κ2) is 8.13. The Morgan fingerprint density at radius 3 is 2.33 bits per heavy atom. The molecule has 0 aliphatic heterocycles. The third kappa shape index (κ3) is 5.82. The molecule has 0 radical (unpaired) electrons. The number of nitrogens with one attached hydrogen (secondary N) is 1. The van der Waals surface area contributed by atoms with Crippen LogP contribution in [-0.4, -0.2) is 66.0 Å². The van der Waals surface area contributed by atoms with Gasteiger partial charge in [0.15, 0.2) is 0 Å². The maximum absolute atomic E-state index is 13.1. The van der Waals surface area contributed by atoms with Crippen molar-refractivity contribution in [2.75, 3.05) is 33.7 Å². The van der Waals surface area contributed by atoms with Crippen molar-refractivity contribution in [2.45, 2.75) is 40.2 Å². The van der Waals surface area contributed by atoms with Crippen LogP contribution in [0.5, 0.6) is 0 Å². The van der Waals surface area contributed by atoms with E-state index in [9.17, 15) is 9.59 Å². The molecule has 27 heavy (non-hydrogen) atoms. The number of hydrogen-bond acceptors (Lipinski definition) is 4. The summed E-state index contributed by atoms with van der Waals surface area (Å²) < 4.78 is 5.40. The van der Waals surface area contributed by atoms with Gasteiger partial charge in [-0.2, -0.15) is 0 Å². The third-order valence-corrected chi connectivity index (χ3v) is 4.16. The molecule has 2 rings (SSSR count). The van der Waals surface area contributed by atoms with Gasteiger partial charge in [-0.3, -0.25) is 9.59 Å². The highest BCUT2D eigenvalue weighted by molar-refractivity contribution is 6.00. The van der Waals surface area contributed by atoms with Crippen molar-refractivity contribution in [1.82, 2.24) is 14.8 Å². The molecule has 1 aromatic carbocycles. The summed E-state index contributed by atoms with van der Waals surface area (Å²) in [5.74, 6) is -0.603. The molecule has 0 fully saturated rings. The van der Waals surface area contributed by atoms with E-state index in [1.165, 1.54) is 0 Å². The molecule has 6 heteroatoms. The minimum absolute atomic E-state index is 0.0721. The van der Waals surface area contributed by atoms with Crippen LogP contribution in [0.15, 0.2) is 18.2 Å². The summed E-state index contributed by atoms with van der Waals surface area (Å²) >= 11 is 0. The first-order valence-corrected chi connectivity index (χ1v) is 9.22. The highest BCUT2D eigenvalue weighted by Gasteiger charge is 2.24. The van der Waals surface area contributed by atoms with Crippen molar-refractivity contribution in [2.24, 2.45) is 0 Å². The van der Waals surface area contributed by atoms with Gasteiger partial charge in [0, 0.05) is 24.0 Å². The van der Waals surface area contributed by atoms with Crippen LogP contribution in [0.3, 0.4) is 0 Å². The van der Waals surface area contributed by atoms with Crippen LogP contribution in [0.4, 0.5) is 0 Å². The standard InChI is InChI=1S/C21H31N3O3/c1-14-10-15(2)16-12-18(22-17(16)11-14)20(26)24(9-8-23(6)7)13-19(25)27-21(3,4)5/h10-12,22H,8-9,13H2,1-7H3. The zero-order chi connectivity index (χ0) is 20.4. The lowest BCUT2D eigenvalue weighted by molar-refractivity contribution is -0.155. The van der Waals surface area contributed by atoms with Gasteiger partial charge in [-0.15, -0.1) is 0 Å². The van der Waals surface area contributed by atoms with Gasteiger partial charge in [0.2, 0.25) is 0 Å². The smallest absolute Gasteiger partial charge is 0.326 e. The molecule has 0 atom stereocenters. The molecule has 148 valence electrons. The molecule has 0 saturated heterocycles. The maximum Gasteiger partial charge on any atom is 0.326 e. The predicted molar refractivity (Wildman–Crippen MR) is 108 cm³/mol. The van der Waals surface area contributed by atoms with Gasteiger partial charge in [-0.05, 0) is 72.0 Å². The van der Waals surface area contributed by atoms with Crippen LogP contribution < -0.4 is 0 Å². The summed E-state index contributed by atoms with van der Waals surface area (Å²) in [4.78, 5) is 32.1. The molecular formula is C21H31N3O3. The van der Waals surface area contributed by atoms with Gasteiger partial charge in [0.1, 0.15) is 17.8 Å². The second-order valence-corrected chi connectivity index (χ2v) is 8.34. The zero-order valence-corrected chi connectivity index (χ0v) is 17.5. The van der Waals surface area contributed by atoms with E-state index in [1.807, 2.05) is 65.7 Å². The number of hydrogen-bond donors (Lipinski definition) is 1. The van der Waals surface area contributed by atoms with E-state index in [0.29, 0.717) is 18.8 Å². The maximum atomic E-state index is 13.1. The van der Waals surface area contributed by atoms with Gasteiger partial charge in [-0.1, -0.05) is 6.07 Å². The van der Waals surface area contributed by atoms with E-state index in [2.05, 4.69) is 11.1 Å². The van der Waals surface area contributed by atoms with Crippen molar-refractivity contribution in [3.8, 4) is 0 Å². The van der Waals surface area contributed by atoms with Crippen LogP contribution in [0.1, 0.15) is 42.4 Å². The van der Waals surface area contributed by atoms with E-state index in [4.69, 9.17) is 4.74 Å². The van der Waals surface area contributed by atoms with E-state index >= 15 is 0 Å². The van der Waals surface area contributed by atoms with Crippen molar-refractivity contribution in [3.63, 3.8) is 0 Å². The molecule has 1 aromatic heterocycles.